The van der Waals surface area contributed by atoms with E-state index in [1.54, 1.807) is 36.4 Å². The van der Waals surface area contributed by atoms with Gasteiger partial charge in [-0.25, -0.2) is 4.39 Å². The molecule has 0 aliphatic rings. The number of nitrogens with one attached hydrogen (secondary N) is 1. The maximum atomic E-state index is 14.2. The zero-order chi connectivity index (χ0) is 15.4. The molecule has 5 N–H and O–H groups in total. The van der Waals surface area contributed by atoms with Crippen molar-refractivity contribution < 1.29 is 9.13 Å². The van der Waals surface area contributed by atoms with Crippen molar-refractivity contribution in [3.63, 3.8) is 0 Å². The Balaban J connectivity index is 2.31. The van der Waals surface area contributed by atoms with Gasteiger partial charge in [-0.2, -0.15) is 0 Å². The molecule has 21 heavy (non-hydrogen) atoms. The summed E-state index contributed by atoms with van der Waals surface area (Å²) >= 11 is 5.88. The van der Waals surface area contributed by atoms with Gasteiger partial charge in [0.15, 0.2) is 11.6 Å². The van der Waals surface area contributed by atoms with Crippen LogP contribution in [0.15, 0.2) is 36.4 Å². The summed E-state index contributed by atoms with van der Waals surface area (Å²) in [6.07, 6.45) is 0.339. The summed E-state index contributed by atoms with van der Waals surface area (Å²) < 4.78 is 19.2. The minimum absolute atomic E-state index is 0.201. The lowest BCUT2D eigenvalue weighted by atomic mass is 9.97. The lowest BCUT2D eigenvalue weighted by Gasteiger charge is -2.19. The topological polar surface area (TPSA) is 73.3 Å². The van der Waals surface area contributed by atoms with Gasteiger partial charge in [0.2, 0.25) is 0 Å². The number of hydrazine groups is 1. The van der Waals surface area contributed by atoms with E-state index >= 15 is 0 Å². The predicted octanol–water partition coefficient (Wildman–Crippen LogP) is 2.82. The third-order valence-corrected chi connectivity index (χ3v) is 3.55. The SMILES string of the molecule is COc1cccc(CC(NN)c2ccc(Cl)cc2N)c1F. The molecule has 0 saturated heterocycles. The standard InChI is InChI=1S/C15H17ClFN3O/c1-21-14-4-2-3-9(15(14)17)7-13(20-19)11-6-5-10(16)8-12(11)18/h2-6,8,13,20H,7,18-19H2,1H3. The number of nitrogens with two attached hydrogens (primary N) is 2. The Morgan fingerprint density at radius 1 is 1.33 bits per heavy atom. The van der Waals surface area contributed by atoms with E-state index in [4.69, 9.17) is 27.9 Å². The lowest BCUT2D eigenvalue weighted by Crippen LogP contribution is -2.30. The smallest absolute Gasteiger partial charge is 0.168 e. The molecular weight excluding hydrogens is 293 g/mol. The maximum absolute atomic E-state index is 14.2. The van der Waals surface area contributed by atoms with Crippen molar-refractivity contribution in [3.8, 4) is 5.75 Å². The molecule has 0 fully saturated rings. The molecule has 0 saturated carbocycles. The highest BCUT2D eigenvalue weighted by molar-refractivity contribution is 6.30. The van der Waals surface area contributed by atoms with E-state index in [2.05, 4.69) is 5.43 Å². The molecule has 0 bridgehead atoms. The molecule has 1 unspecified atom stereocenters. The van der Waals surface area contributed by atoms with Crippen molar-refractivity contribution in [2.24, 2.45) is 5.84 Å². The normalized spacial score (nSPS) is 12.2. The number of hydrogen-bond donors (Lipinski definition) is 3. The molecular formula is C15H17ClFN3O. The molecule has 112 valence electrons. The largest absolute Gasteiger partial charge is 0.494 e. The second-order valence-corrected chi connectivity index (χ2v) is 5.07. The zero-order valence-corrected chi connectivity index (χ0v) is 12.3. The van der Waals surface area contributed by atoms with Gasteiger partial charge in [-0.05, 0) is 35.7 Å². The van der Waals surface area contributed by atoms with Gasteiger partial charge in [0.05, 0.1) is 13.2 Å². The third-order valence-electron chi connectivity index (χ3n) is 3.31. The fraction of sp³-hybridized carbons (Fsp3) is 0.200. The number of nitrogen functional groups attached to an aromatic ring is 1. The first-order valence-corrected chi connectivity index (χ1v) is 6.77. The average molecular weight is 310 g/mol. The van der Waals surface area contributed by atoms with E-state index in [0.29, 0.717) is 22.7 Å². The Labute approximate surface area is 127 Å². The molecule has 2 aromatic rings. The minimum atomic E-state index is -0.396. The van der Waals surface area contributed by atoms with Gasteiger partial charge in [0, 0.05) is 10.7 Å². The van der Waals surface area contributed by atoms with Crippen LogP contribution in [0.2, 0.25) is 5.02 Å². The molecule has 0 amide bonds. The summed E-state index contributed by atoms with van der Waals surface area (Å²) in [6, 6.07) is 9.80. The molecule has 1 atom stereocenters. The van der Waals surface area contributed by atoms with Crippen LogP contribution in [-0.2, 0) is 6.42 Å². The summed E-state index contributed by atoms with van der Waals surface area (Å²) in [5, 5.41) is 0.541. The van der Waals surface area contributed by atoms with Crippen LogP contribution >= 0.6 is 11.6 Å². The van der Waals surface area contributed by atoms with E-state index < -0.39 is 5.82 Å². The Hall–Kier alpha value is -1.82. The fourth-order valence-electron chi connectivity index (χ4n) is 2.21. The molecule has 2 rings (SSSR count). The summed E-state index contributed by atoms with van der Waals surface area (Å²) in [4.78, 5) is 0. The van der Waals surface area contributed by atoms with E-state index in [1.807, 2.05) is 0 Å². The first kappa shape index (κ1) is 15.6. The van der Waals surface area contributed by atoms with Crippen LogP contribution in [-0.4, -0.2) is 7.11 Å². The first-order valence-electron chi connectivity index (χ1n) is 6.39. The van der Waals surface area contributed by atoms with Gasteiger partial charge in [0.25, 0.3) is 0 Å². The van der Waals surface area contributed by atoms with Crippen LogP contribution in [0.5, 0.6) is 5.75 Å². The molecule has 4 nitrogen and oxygen atoms in total. The second-order valence-electron chi connectivity index (χ2n) is 4.63. The van der Waals surface area contributed by atoms with Crippen LogP contribution in [0.25, 0.3) is 0 Å². The van der Waals surface area contributed by atoms with Crippen LogP contribution in [0.1, 0.15) is 17.2 Å². The monoisotopic (exact) mass is 309 g/mol. The van der Waals surface area contributed by atoms with Crippen molar-refractivity contribution >= 4 is 17.3 Å². The lowest BCUT2D eigenvalue weighted by molar-refractivity contribution is 0.382. The van der Waals surface area contributed by atoms with Gasteiger partial charge in [0.1, 0.15) is 0 Å². The van der Waals surface area contributed by atoms with E-state index in [-0.39, 0.29) is 11.8 Å². The quantitative estimate of drug-likeness (QED) is 0.451. The molecule has 0 spiro atoms. The number of benzene rings is 2. The molecule has 6 heteroatoms. The van der Waals surface area contributed by atoms with Crippen molar-refractivity contribution in [1.29, 1.82) is 0 Å². The van der Waals surface area contributed by atoms with E-state index in [9.17, 15) is 4.39 Å². The van der Waals surface area contributed by atoms with Gasteiger partial charge in [-0.3, -0.25) is 11.3 Å². The Morgan fingerprint density at radius 3 is 2.71 bits per heavy atom. The number of methoxy groups -OCH3 is 1. The van der Waals surface area contributed by atoms with Gasteiger partial charge >= 0.3 is 0 Å². The highest BCUT2D eigenvalue weighted by Crippen LogP contribution is 2.28. The second kappa shape index (κ2) is 6.76. The number of anilines is 1. The Bertz CT molecular complexity index is 636. The van der Waals surface area contributed by atoms with Crippen LogP contribution < -0.4 is 21.7 Å². The highest BCUT2D eigenvalue weighted by Gasteiger charge is 2.17. The third kappa shape index (κ3) is 3.44. The summed E-state index contributed by atoms with van der Waals surface area (Å²) in [7, 11) is 1.43. The van der Waals surface area contributed by atoms with Crippen molar-refractivity contribution in [3.05, 3.63) is 58.4 Å². The van der Waals surface area contributed by atoms with Crippen LogP contribution in [0.3, 0.4) is 0 Å². The Kier molecular flexibility index (Phi) is 5.01. The van der Waals surface area contributed by atoms with Gasteiger partial charge in [-0.1, -0.05) is 29.8 Å². The number of hydrogen-bond acceptors (Lipinski definition) is 4. The van der Waals surface area contributed by atoms with Crippen molar-refractivity contribution in [1.82, 2.24) is 5.43 Å². The van der Waals surface area contributed by atoms with Crippen molar-refractivity contribution in [2.75, 3.05) is 12.8 Å². The number of ether oxygens (including phenoxy) is 1. The number of rotatable bonds is 5. The molecule has 0 aliphatic heterocycles. The summed E-state index contributed by atoms with van der Waals surface area (Å²) in [6.45, 7) is 0. The van der Waals surface area contributed by atoms with Crippen molar-refractivity contribution in [2.45, 2.75) is 12.5 Å². The molecule has 0 aliphatic carbocycles. The van der Waals surface area contributed by atoms with Gasteiger partial charge in [-0.15, -0.1) is 0 Å². The van der Waals surface area contributed by atoms with Crippen LogP contribution in [0.4, 0.5) is 10.1 Å². The molecule has 0 radical (unpaired) electrons. The predicted molar refractivity (Wildman–Crippen MR) is 82.6 cm³/mol. The van der Waals surface area contributed by atoms with E-state index in [0.717, 1.165) is 5.56 Å². The summed E-state index contributed by atoms with van der Waals surface area (Å²) in [5.41, 5.74) is 10.4. The molecule has 0 heterocycles. The maximum Gasteiger partial charge on any atom is 0.168 e. The van der Waals surface area contributed by atoms with Gasteiger partial charge < -0.3 is 10.5 Å². The number of halogens is 2. The molecule has 0 aromatic heterocycles. The minimum Gasteiger partial charge on any atom is -0.494 e. The van der Waals surface area contributed by atoms with E-state index in [1.165, 1.54) is 7.11 Å². The fourth-order valence-corrected chi connectivity index (χ4v) is 2.39. The average Bonchev–Trinajstić information content (AvgIpc) is 2.47. The Morgan fingerprint density at radius 2 is 2.10 bits per heavy atom. The highest BCUT2D eigenvalue weighted by atomic mass is 35.5. The first-order chi connectivity index (χ1) is 10.1. The summed E-state index contributed by atoms with van der Waals surface area (Å²) in [5.74, 6) is 5.39. The molecule has 2 aromatic carbocycles. The van der Waals surface area contributed by atoms with Crippen LogP contribution in [0, 0.1) is 5.82 Å². The zero-order valence-electron chi connectivity index (χ0n) is 11.6.